The number of nitrogens with zero attached hydrogens (tertiary/aromatic N) is 2. The van der Waals surface area contributed by atoms with Crippen LogP contribution in [0.5, 0.6) is 0 Å². The van der Waals surface area contributed by atoms with E-state index in [-0.39, 0.29) is 11.8 Å². The van der Waals surface area contributed by atoms with E-state index in [4.69, 9.17) is 23.2 Å². The fourth-order valence-electron chi connectivity index (χ4n) is 3.51. The summed E-state index contributed by atoms with van der Waals surface area (Å²) in [6.07, 6.45) is 0. The van der Waals surface area contributed by atoms with Gasteiger partial charge < -0.3 is 9.80 Å². The summed E-state index contributed by atoms with van der Waals surface area (Å²) in [4.78, 5) is 29.3. The van der Waals surface area contributed by atoms with E-state index in [1.54, 1.807) is 28.0 Å². The van der Waals surface area contributed by atoms with Gasteiger partial charge in [0.25, 0.3) is 11.8 Å². The Kier molecular flexibility index (Phi) is 5.25. The first-order chi connectivity index (χ1) is 13.5. The van der Waals surface area contributed by atoms with E-state index >= 15 is 0 Å². The molecule has 0 aromatic heterocycles. The average molecular weight is 413 g/mol. The zero-order valence-corrected chi connectivity index (χ0v) is 16.6. The SMILES string of the molecule is O=C(c1ccc(Cl)c(Cl)c1)N1CCN(C(=O)c2cccc3ccccc23)CC1. The van der Waals surface area contributed by atoms with Crippen LogP contribution in [0.1, 0.15) is 20.7 Å². The highest BCUT2D eigenvalue weighted by molar-refractivity contribution is 6.42. The summed E-state index contributed by atoms with van der Waals surface area (Å²) in [5, 5.41) is 2.77. The number of fused-ring (bicyclic) bond motifs is 1. The van der Waals surface area contributed by atoms with E-state index < -0.39 is 0 Å². The number of benzene rings is 3. The van der Waals surface area contributed by atoms with Crippen molar-refractivity contribution >= 4 is 45.8 Å². The molecule has 0 atom stereocenters. The van der Waals surface area contributed by atoms with Crippen molar-refractivity contribution in [1.29, 1.82) is 0 Å². The van der Waals surface area contributed by atoms with Gasteiger partial charge in [0, 0.05) is 37.3 Å². The topological polar surface area (TPSA) is 40.6 Å². The van der Waals surface area contributed by atoms with Gasteiger partial charge in [0.15, 0.2) is 0 Å². The van der Waals surface area contributed by atoms with Crippen molar-refractivity contribution in [3.63, 3.8) is 0 Å². The van der Waals surface area contributed by atoms with Gasteiger partial charge in [0.05, 0.1) is 10.0 Å². The zero-order chi connectivity index (χ0) is 19.7. The molecular formula is C22H18Cl2N2O2. The Morgan fingerprint density at radius 3 is 2.07 bits per heavy atom. The molecule has 0 bridgehead atoms. The molecule has 1 aliphatic rings. The molecule has 1 fully saturated rings. The Hall–Kier alpha value is -2.56. The van der Waals surface area contributed by atoms with Gasteiger partial charge in [0.1, 0.15) is 0 Å². The zero-order valence-electron chi connectivity index (χ0n) is 15.1. The average Bonchev–Trinajstić information content (AvgIpc) is 2.74. The minimum Gasteiger partial charge on any atom is -0.335 e. The number of hydrogen-bond donors (Lipinski definition) is 0. The molecule has 0 unspecified atom stereocenters. The lowest BCUT2D eigenvalue weighted by atomic mass is 10.0. The minimum absolute atomic E-state index is 0.00145. The smallest absolute Gasteiger partial charge is 0.254 e. The van der Waals surface area contributed by atoms with Gasteiger partial charge >= 0.3 is 0 Å². The molecule has 0 aliphatic carbocycles. The van der Waals surface area contributed by atoms with Gasteiger partial charge in [-0.3, -0.25) is 9.59 Å². The molecule has 6 heteroatoms. The number of carbonyl (C=O) groups is 2. The van der Waals surface area contributed by atoms with Crippen molar-refractivity contribution < 1.29 is 9.59 Å². The largest absolute Gasteiger partial charge is 0.335 e. The van der Waals surface area contributed by atoms with Gasteiger partial charge in [-0.1, -0.05) is 59.6 Å². The van der Waals surface area contributed by atoms with Gasteiger partial charge in [-0.2, -0.15) is 0 Å². The fourth-order valence-corrected chi connectivity index (χ4v) is 3.80. The van der Waals surface area contributed by atoms with Crippen molar-refractivity contribution in [2.75, 3.05) is 26.2 Å². The van der Waals surface area contributed by atoms with Crippen LogP contribution in [0.15, 0.2) is 60.7 Å². The monoisotopic (exact) mass is 412 g/mol. The maximum atomic E-state index is 13.0. The molecule has 4 nitrogen and oxygen atoms in total. The highest BCUT2D eigenvalue weighted by Crippen LogP contribution is 2.24. The number of rotatable bonds is 2. The normalized spacial score (nSPS) is 14.4. The first-order valence-electron chi connectivity index (χ1n) is 9.06. The summed E-state index contributed by atoms with van der Waals surface area (Å²) < 4.78 is 0. The van der Waals surface area contributed by atoms with Crippen LogP contribution in [0.2, 0.25) is 10.0 Å². The molecule has 0 radical (unpaired) electrons. The third-order valence-electron chi connectivity index (χ3n) is 5.04. The molecule has 0 spiro atoms. The molecule has 28 heavy (non-hydrogen) atoms. The Morgan fingerprint density at radius 2 is 1.36 bits per heavy atom. The van der Waals surface area contributed by atoms with Crippen LogP contribution in [0, 0.1) is 0 Å². The minimum atomic E-state index is -0.101. The Morgan fingerprint density at radius 1 is 0.714 bits per heavy atom. The summed E-state index contributed by atoms with van der Waals surface area (Å²) >= 11 is 11.9. The van der Waals surface area contributed by atoms with E-state index in [1.165, 1.54) is 0 Å². The third kappa shape index (κ3) is 3.58. The van der Waals surface area contributed by atoms with Crippen LogP contribution in [-0.4, -0.2) is 47.8 Å². The predicted molar refractivity (Wildman–Crippen MR) is 112 cm³/mol. The standard InChI is InChI=1S/C22H18Cl2N2O2/c23-19-9-8-16(14-20(19)24)21(27)25-10-12-26(13-11-25)22(28)18-7-3-5-15-4-1-2-6-17(15)18/h1-9,14H,10-13H2. The van der Waals surface area contributed by atoms with E-state index in [9.17, 15) is 9.59 Å². The molecule has 0 N–H and O–H groups in total. The number of hydrogen-bond acceptors (Lipinski definition) is 2. The van der Waals surface area contributed by atoms with E-state index in [1.807, 2.05) is 42.5 Å². The molecule has 3 aromatic carbocycles. The first-order valence-corrected chi connectivity index (χ1v) is 9.81. The molecule has 3 aromatic rings. The summed E-state index contributed by atoms with van der Waals surface area (Å²) in [5.74, 6) is -0.103. The van der Waals surface area contributed by atoms with Crippen LogP contribution in [0.25, 0.3) is 10.8 Å². The fraction of sp³-hybridized carbons (Fsp3) is 0.182. The van der Waals surface area contributed by atoms with Crippen LogP contribution < -0.4 is 0 Å². The lowest BCUT2D eigenvalue weighted by molar-refractivity contribution is 0.0536. The molecule has 142 valence electrons. The van der Waals surface area contributed by atoms with Crippen molar-refractivity contribution in [3.8, 4) is 0 Å². The quantitative estimate of drug-likeness (QED) is 0.609. The third-order valence-corrected chi connectivity index (χ3v) is 5.78. The second kappa shape index (κ2) is 7.82. The molecule has 2 amide bonds. The maximum Gasteiger partial charge on any atom is 0.254 e. The Bertz CT molecular complexity index is 1050. The summed E-state index contributed by atoms with van der Waals surface area (Å²) in [6.45, 7) is 1.95. The number of piperazine rings is 1. The molecular weight excluding hydrogens is 395 g/mol. The first kappa shape index (κ1) is 18.8. The van der Waals surface area contributed by atoms with Gasteiger partial charge in [0.2, 0.25) is 0 Å². The predicted octanol–water partition coefficient (Wildman–Crippen LogP) is 4.74. The maximum absolute atomic E-state index is 13.0. The van der Waals surface area contributed by atoms with E-state index in [0.717, 1.165) is 10.8 Å². The lowest BCUT2D eigenvalue weighted by Gasteiger charge is -2.35. The van der Waals surface area contributed by atoms with Crippen LogP contribution >= 0.6 is 23.2 Å². The van der Waals surface area contributed by atoms with Gasteiger partial charge in [-0.25, -0.2) is 0 Å². The Balaban J connectivity index is 1.47. The van der Waals surface area contributed by atoms with Crippen LogP contribution in [0.4, 0.5) is 0 Å². The van der Waals surface area contributed by atoms with Crippen LogP contribution in [0.3, 0.4) is 0 Å². The highest BCUT2D eigenvalue weighted by atomic mass is 35.5. The molecule has 1 heterocycles. The van der Waals surface area contributed by atoms with Crippen molar-refractivity contribution in [1.82, 2.24) is 9.80 Å². The van der Waals surface area contributed by atoms with E-state index in [0.29, 0.717) is 47.4 Å². The van der Waals surface area contributed by atoms with Gasteiger partial charge in [-0.15, -0.1) is 0 Å². The lowest BCUT2D eigenvalue weighted by Crippen LogP contribution is -2.50. The summed E-state index contributed by atoms with van der Waals surface area (Å²) in [5.41, 5.74) is 1.20. The molecule has 1 saturated heterocycles. The summed E-state index contributed by atoms with van der Waals surface area (Å²) in [7, 11) is 0. The Labute approximate surface area is 173 Å². The molecule has 0 saturated carbocycles. The second-order valence-electron chi connectivity index (χ2n) is 6.74. The van der Waals surface area contributed by atoms with Crippen molar-refractivity contribution in [2.45, 2.75) is 0 Å². The second-order valence-corrected chi connectivity index (χ2v) is 7.55. The van der Waals surface area contributed by atoms with Gasteiger partial charge in [-0.05, 0) is 35.0 Å². The highest BCUT2D eigenvalue weighted by Gasteiger charge is 2.26. The van der Waals surface area contributed by atoms with Crippen molar-refractivity contribution in [2.24, 2.45) is 0 Å². The van der Waals surface area contributed by atoms with E-state index in [2.05, 4.69) is 0 Å². The molecule has 1 aliphatic heterocycles. The van der Waals surface area contributed by atoms with Crippen LogP contribution in [-0.2, 0) is 0 Å². The molecule has 4 rings (SSSR count). The van der Waals surface area contributed by atoms with Crippen molar-refractivity contribution in [3.05, 3.63) is 81.8 Å². The summed E-state index contributed by atoms with van der Waals surface area (Å²) in [6, 6.07) is 18.5. The number of amides is 2. The number of carbonyl (C=O) groups excluding carboxylic acids is 2. The number of halogens is 2.